The Balaban J connectivity index is 1.42. The molecule has 4 aromatic rings. The average Bonchev–Trinajstić information content (AvgIpc) is 3.28. The number of rotatable bonds is 6. The van der Waals surface area contributed by atoms with E-state index in [-0.39, 0.29) is 5.91 Å². The normalized spacial score (nSPS) is 10.4. The number of aromatic amines is 1. The van der Waals surface area contributed by atoms with Gasteiger partial charge in [-0.1, -0.05) is 36.4 Å². The van der Waals surface area contributed by atoms with Crippen molar-refractivity contribution in [1.82, 2.24) is 25.5 Å². The van der Waals surface area contributed by atoms with Crippen LogP contribution in [0, 0.1) is 0 Å². The molecule has 0 spiro atoms. The number of H-pyrrole nitrogens is 1. The molecular formula is C21H18N6O. The number of hydrogen-bond donors (Lipinski definition) is 3. The van der Waals surface area contributed by atoms with Crippen LogP contribution in [-0.4, -0.2) is 26.1 Å². The van der Waals surface area contributed by atoms with Crippen molar-refractivity contribution in [2.45, 2.75) is 6.54 Å². The van der Waals surface area contributed by atoms with E-state index >= 15 is 0 Å². The molecule has 4 rings (SSSR count). The van der Waals surface area contributed by atoms with Crippen LogP contribution in [-0.2, 0) is 6.54 Å². The van der Waals surface area contributed by atoms with Crippen LogP contribution in [0.1, 0.15) is 16.1 Å². The minimum absolute atomic E-state index is 0.259. The lowest BCUT2D eigenvalue weighted by Gasteiger charge is -2.08. The number of carbonyl (C=O) groups excluding carboxylic acids is 1. The Morgan fingerprint density at radius 3 is 2.68 bits per heavy atom. The van der Waals surface area contributed by atoms with Gasteiger partial charge in [-0.05, 0) is 35.4 Å². The maximum Gasteiger partial charge on any atom is 0.270 e. The number of para-hydroxylation sites is 1. The van der Waals surface area contributed by atoms with Gasteiger partial charge in [0.05, 0.1) is 5.69 Å². The smallest absolute Gasteiger partial charge is 0.270 e. The maximum absolute atomic E-state index is 12.5. The summed E-state index contributed by atoms with van der Waals surface area (Å²) in [5, 5.41) is 13.0. The van der Waals surface area contributed by atoms with Crippen molar-refractivity contribution < 1.29 is 4.79 Å². The van der Waals surface area contributed by atoms with Crippen molar-refractivity contribution >= 4 is 17.4 Å². The zero-order valence-electron chi connectivity index (χ0n) is 15.0. The Morgan fingerprint density at radius 1 is 0.964 bits per heavy atom. The van der Waals surface area contributed by atoms with E-state index in [9.17, 15) is 4.79 Å². The molecule has 0 fully saturated rings. The summed E-state index contributed by atoms with van der Waals surface area (Å²) in [6, 6.07) is 21.1. The molecular weight excluding hydrogens is 352 g/mol. The van der Waals surface area contributed by atoms with Gasteiger partial charge < -0.3 is 10.6 Å². The van der Waals surface area contributed by atoms with Gasteiger partial charge >= 0.3 is 0 Å². The van der Waals surface area contributed by atoms with Crippen molar-refractivity contribution in [1.29, 1.82) is 0 Å². The second-order valence-corrected chi connectivity index (χ2v) is 6.13. The van der Waals surface area contributed by atoms with E-state index in [0.29, 0.717) is 18.1 Å². The second kappa shape index (κ2) is 8.13. The SMILES string of the molecule is O=C(NCc1cccc(-c2ccn[nH]2)c1)c1cc(Nc2ccccc2)ncn1. The Morgan fingerprint density at radius 2 is 1.86 bits per heavy atom. The number of aromatic nitrogens is 4. The fraction of sp³-hybridized carbons (Fsp3) is 0.0476. The lowest BCUT2D eigenvalue weighted by atomic mass is 10.1. The third kappa shape index (κ3) is 4.21. The van der Waals surface area contributed by atoms with Gasteiger partial charge in [-0.25, -0.2) is 9.97 Å². The molecule has 1 amide bonds. The summed E-state index contributed by atoms with van der Waals surface area (Å²) in [6.45, 7) is 0.395. The quantitative estimate of drug-likeness (QED) is 0.482. The highest BCUT2D eigenvalue weighted by Gasteiger charge is 2.09. The summed E-state index contributed by atoms with van der Waals surface area (Å²) in [6.07, 6.45) is 3.08. The summed E-state index contributed by atoms with van der Waals surface area (Å²) in [5.74, 6) is 0.304. The highest BCUT2D eigenvalue weighted by atomic mass is 16.1. The standard InChI is InChI=1S/C21H18N6O/c28-21(19-12-20(24-14-23-19)26-17-7-2-1-3-8-17)22-13-15-5-4-6-16(11-15)18-9-10-25-27-18/h1-12,14H,13H2,(H,22,28)(H,25,27)(H,23,24,26). The van der Waals surface area contributed by atoms with Crippen LogP contribution in [0.4, 0.5) is 11.5 Å². The molecule has 0 radical (unpaired) electrons. The number of hydrogen-bond acceptors (Lipinski definition) is 5. The molecule has 0 unspecified atom stereocenters. The van der Waals surface area contributed by atoms with Gasteiger partial charge in [0, 0.05) is 24.5 Å². The largest absolute Gasteiger partial charge is 0.347 e. The Hall–Kier alpha value is -4.00. The highest BCUT2D eigenvalue weighted by molar-refractivity contribution is 5.92. The molecule has 2 heterocycles. The molecule has 0 aliphatic rings. The van der Waals surface area contributed by atoms with Gasteiger partial charge in [-0.3, -0.25) is 9.89 Å². The van der Waals surface area contributed by atoms with Gasteiger partial charge in [0.2, 0.25) is 0 Å². The van der Waals surface area contributed by atoms with E-state index in [1.807, 2.05) is 60.7 Å². The highest BCUT2D eigenvalue weighted by Crippen LogP contribution is 2.18. The Bertz CT molecular complexity index is 1060. The van der Waals surface area contributed by atoms with E-state index in [4.69, 9.17) is 0 Å². The molecule has 2 aromatic carbocycles. The summed E-state index contributed by atoms with van der Waals surface area (Å²) >= 11 is 0. The minimum Gasteiger partial charge on any atom is -0.347 e. The second-order valence-electron chi connectivity index (χ2n) is 6.13. The summed E-state index contributed by atoms with van der Waals surface area (Å²) in [5.41, 5.74) is 4.12. The first-order valence-corrected chi connectivity index (χ1v) is 8.79. The zero-order valence-corrected chi connectivity index (χ0v) is 15.0. The van der Waals surface area contributed by atoms with Crippen molar-refractivity contribution in [3.8, 4) is 11.3 Å². The first-order chi connectivity index (χ1) is 13.8. The van der Waals surface area contributed by atoms with Crippen molar-refractivity contribution in [2.75, 3.05) is 5.32 Å². The number of amides is 1. The molecule has 0 aliphatic heterocycles. The topological polar surface area (TPSA) is 95.6 Å². The Kier molecular flexibility index (Phi) is 5.06. The van der Waals surface area contributed by atoms with Crippen molar-refractivity contribution in [3.63, 3.8) is 0 Å². The first-order valence-electron chi connectivity index (χ1n) is 8.79. The lowest BCUT2D eigenvalue weighted by molar-refractivity contribution is 0.0946. The van der Waals surface area contributed by atoms with Crippen molar-refractivity contribution in [3.05, 3.63) is 90.5 Å². The molecule has 28 heavy (non-hydrogen) atoms. The first kappa shape index (κ1) is 17.4. The third-order valence-corrected chi connectivity index (χ3v) is 4.14. The number of carbonyl (C=O) groups is 1. The third-order valence-electron chi connectivity index (χ3n) is 4.14. The lowest BCUT2D eigenvalue weighted by Crippen LogP contribution is -2.24. The van der Waals surface area contributed by atoms with Gasteiger partial charge in [0.1, 0.15) is 17.8 Å². The van der Waals surface area contributed by atoms with E-state index in [1.165, 1.54) is 6.33 Å². The van der Waals surface area contributed by atoms with E-state index in [0.717, 1.165) is 22.5 Å². The molecule has 0 saturated heterocycles. The predicted octanol–water partition coefficient (Wildman–Crippen LogP) is 3.54. The number of anilines is 2. The van der Waals surface area contributed by atoms with Crippen LogP contribution < -0.4 is 10.6 Å². The number of benzene rings is 2. The monoisotopic (exact) mass is 370 g/mol. The molecule has 0 saturated carbocycles. The van der Waals surface area contributed by atoms with Crippen LogP contribution in [0.15, 0.2) is 79.3 Å². The Labute approximate surface area is 161 Å². The van der Waals surface area contributed by atoms with Gasteiger partial charge in [-0.2, -0.15) is 5.10 Å². The molecule has 7 heteroatoms. The van der Waals surface area contributed by atoms with E-state index in [2.05, 4.69) is 30.8 Å². The van der Waals surface area contributed by atoms with Gasteiger partial charge in [-0.15, -0.1) is 0 Å². The number of nitrogens with zero attached hydrogens (tertiary/aromatic N) is 3. The van der Waals surface area contributed by atoms with E-state index in [1.54, 1.807) is 12.3 Å². The van der Waals surface area contributed by atoms with Crippen LogP contribution >= 0.6 is 0 Å². The van der Waals surface area contributed by atoms with Gasteiger partial charge in [0.15, 0.2) is 0 Å². The number of nitrogens with one attached hydrogen (secondary N) is 3. The molecule has 0 bridgehead atoms. The summed E-state index contributed by atoms with van der Waals surface area (Å²) in [4.78, 5) is 20.7. The fourth-order valence-corrected chi connectivity index (χ4v) is 2.76. The van der Waals surface area contributed by atoms with Crippen molar-refractivity contribution in [2.24, 2.45) is 0 Å². The average molecular weight is 370 g/mol. The molecule has 0 aliphatic carbocycles. The minimum atomic E-state index is -0.259. The molecule has 0 atom stereocenters. The summed E-state index contributed by atoms with van der Waals surface area (Å²) < 4.78 is 0. The molecule has 138 valence electrons. The summed E-state index contributed by atoms with van der Waals surface area (Å²) in [7, 11) is 0. The molecule has 7 nitrogen and oxygen atoms in total. The van der Waals surface area contributed by atoms with Crippen LogP contribution in [0.2, 0.25) is 0 Å². The fourth-order valence-electron chi connectivity index (χ4n) is 2.76. The van der Waals surface area contributed by atoms with Crippen LogP contribution in [0.25, 0.3) is 11.3 Å². The van der Waals surface area contributed by atoms with Gasteiger partial charge in [0.25, 0.3) is 5.91 Å². The maximum atomic E-state index is 12.5. The molecule has 3 N–H and O–H groups in total. The van der Waals surface area contributed by atoms with Crippen LogP contribution in [0.3, 0.4) is 0 Å². The predicted molar refractivity (Wildman–Crippen MR) is 107 cm³/mol. The zero-order chi connectivity index (χ0) is 19.2. The molecule has 2 aromatic heterocycles. The van der Waals surface area contributed by atoms with E-state index < -0.39 is 0 Å². The van der Waals surface area contributed by atoms with Crippen LogP contribution in [0.5, 0.6) is 0 Å².